The number of ether oxygens (including phenoxy) is 1. The van der Waals surface area contributed by atoms with Crippen molar-refractivity contribution in [2.24, 2.45) is 0 Å². The maximum atomic E-state index is 11.4. The normalized spacial score (nSPS) is 10.6. The molecule has 0 fully saturated rings. The van der Waals surface area contributed by atoms with Gasteiger partial charge in [0, 0.05) is 10.8 Å². The molecule has 16 heavy (non-hydrogen) atoms. The van der Waals surface area contributed by atoms with Gasteiger partial charge in [0.2, 0.25) is 0 Å². The van der Waals surface area contributed by atoms with Crippen molar-refractivity contribution in [3.05, 3.63) is 21.9 Å². The van der Waals surface area contributed by atoms with Gasteiger partial charge in [0.05, 0.1) is 16.2 Å². The molecule has 0 bridgehead atoms. The lowest BCUT2D eigenvalue weighted by Crippen LogP contribution is -2.01. The number of hydrogen-bond donors (Lipinski definition) is 1. The Morgan fingerprint density at radius 3 is 2.88 bits per heavy atom. The van der Waals surface area contributed by atoms with Gasteiger partial charge in [-0.05, 0) is 13.0 Å². The highest BCUT2D eigenvalue weighted by molar-refractivity contribution is 7.38. The van der Waals surface area contributed by atoms with Gasteiger partial charge in [-0.2, -0.15) is 0 Å². The second-order valence-corrected chi connectivity index (χ2v) is 5.18. The maximum Gasteiger partial charge on any atom is 0.348 e. The number of carboxylic acids is 1. The Bertz CT molecular complexity index is 552. The summed E-state index contributed by atoms with van der Waals surface area (Å²) in [5.74, 6) is -1.37. The Hall–Kier alpha value is -1.40. The first-order chi connectivity index (χ1) is 7.63. The first-order valence-corrected chi connectivity index (χ1v) is 6.24. The maximum absolute atomic E-state index is 11.4. The molecule has 2 aromatic heterocycles. The van der Waals surface area contributed by atoms with Crippen LogP contribution in [0, 0.1) is 0 Å². The van der Waals surface area contributed by atoms with Crippen LogP contribution in [0.15, 0.2) is 11.4 Å². The van der Waals surface area contributed by atoms with Crippen LogP contribution >= 0.6 is 22.7 Å². The van der Waals surface area contributed by atoms with E-state index in [0.717, 1.165) is 4.01 Å². The van der Waals surface area contributed by atoms with Crippen molar-refractivity contribution in [2.45, 2.75) is 6.92 Å². The van der Waals surface area contributed by atoms with E-state index in [2.05, 4.69) is 0 Å². The number of fused-ring (bicyclic) bond motifs is 1. The van der Waals surface area contributed by atoms with Crippen molar-refractivity contribution in [3.63, 3.8) is 0 Å². The van der Waals surface area contributed by atoms with Gasteiger partial charge >= 0.3 is 11.9 Å². The van der Waals surface area contributed by atoms with E-state index in [9.17, 15) is 9.59 Å². The summed E-state index contributed by atoms with van der Waals surface area (Å²) in [5, 5.41) is 11.1. The summed E-state index contributed by atoms with van der Waals surface area (Å²) < 4.78 is 5.69. The number of esters is 1. The molecule has 0 aliphatic carbocycles. The predicted octanol–water partition coefficient (Wildman–Crippen LogP) is 2.84. The van der Waals surface area contributed by atoms with E-state index in [1.165, 1.54) is 22.7 Å². The smallest absolute Gasteiger partial charge is 0.348 e. The molecule has 0 saturated heterocycles. The second-order valence-electron chi connectivity index (χ2n) is 2.99. The van der Waals surface area contributed by atoms with Gasteiger partial charge in [-0.25, -0.2) is 9.59 Å². The van der Waals surface area contributed by atoms with E-state index in [1.54, 1.807) is 18.4 Å². The molecule has 0 unspecified atom stereocenters. The van der Waals surface area contributed by atoms with Crippen LogP contribution in [0.2, 0.25) is 0 Å². The van der Waals surface area contributed by atoms with Gasteiger partial charge in [0.25, 0.3) is 0 Å². The monoisotopic (exact) mass is 256 g/mol. The quantitative estimate of drug-likeness (QED) is 0.858. The van der Waals surface area contributed by atoms with E-state index in [4.69, 9.17) is 9.84 Å². The van der Waals surface area contributed by atoms with Crippen LogP contribution in [-0.4, -0.2) is 23.7 Å². The molecule has 0 atom stereocenters. The lowest BCUT2D eigenvalue weighted by Gasteiger charge is -1.96. The van der Waals surface area contributed by atoms with Gasteiger partial charge in [-0.1, -0.05) is 0 Å². The summed E-state index contributed by atoms with van der Waals surface area (Å²) in [6.45, 7) is 2.05. The van der Waals surface area contributed by atoms with Crippen molar-refractivity contribution in [1.29, 1.82) is 0 Å². The van der Waals surface area contributed by atoms with Gasteiger partial charge in [-0.3, -0.25) is 0 Å². The van der Waals surface area contributed by atoms with Crippen LogP contribution in [0.25, 0.3) is 9.40 Å². The Kier molecular flexibility index (Phi) is 2.93. The third-order valence-corrected chi connectivity index (χ3v) is 4.21. The fraction of sp³-hybridized carbons (Fsp3) is 0.200. The van der Waals surface area contributed by atoms with Crippen molar-refractivity contribution < 1.29 is 19.4 Å². The van der Waals surface area contributed by atoms with E-state index in [-0.39, 0.29) is 5.56 Å². The molecule has 0 aromatic carbocycles. The topological polar surface area (TPSA) is 63.6 Å². The Morgan fingerprint density at radius 2 is 2.25 bits per heavy atom. The molecule has 0 saturated carbocycles. The Labute approximate surface area is 99.1 Å². The van der Waals surface area contributed by atoms with Crippen molar-refractivity contribution in [3.8, 4) is 0 Å². The van der Waals surface area contributed by atoms with Crippen LogP contribution in [0.4, 0.5) is 0 Å². The lowest BCUT2D eigenvalue weighted by molar-refractivity contribution is 0.0531. The van der Waals surface area contributed by atoms with Crippen molar-refractivity contribution in [1.82, 2.24) is 0 Å². The zero-order chi connectivity index (χ0) is 11.7. The largest absolute Gasteiger partial charge is 0.478 e. The average molecular weight is 256 g/mol. The van der Waals surface area contributed by atoms with Crippen molar-refractivity contribution >= 4 is 44.0 Å². The number of carbonyl (C=O) groups excluding carboxylic acids is 1. The van der Waals surface area contributed by atoms with Gasteiger partial charge in [0.15, 0.2) is 0 Å². The van der Waals surface area contributed by atoms with Crippen LogP contribution in [-0.2, 0) is 4.74 Å². The third kappa shape index (κ3) is 1.81. The molecule has 0 amide bonds. The van der Waals surface area contributed by atoms with E-state index >= 15 is 0 Å². The Balaban J connectivity index is 2.44. The summed E-state index contributed by atoms with van der Waals surface area (Å²) in [6, 6.07) is 1.58. The minimum absolute atomic E-state index is 0.242. The van der Waals surface area contributed by atoms with Gasteiger partial charge in [-0.15, -0.1) is 22.7 Å². The number of hydrogen-bond acceptors (Lipinski definition) is 5. The summed E-state index contributed by atoms with van der Waals surface area (Å²) in [5.41, 5.74) is 0.242. The molecule has 2 aromatic rings. The number of thiophene rings is 2. The highest BCUT2D eigenvalue weighted by Gasteiger charge is 2.17. The molecule has 6 heteroatoms. The second kappa shape index (κ2) is 4.23. The minimum atomic E-state index is -0.973. The van der Waals surface area contributed by atoms with Crippen LogP contribution in [0.5, 0.6) is 0 Å². The van der Waals surface area contributed by atoms with Crippen LogP contribution in [0.1, 0.15) is 27.0 Å². The molecule has 2 heterocycles. The fourth-order valence-electron chi connectivity index (χ4n) is 1.29. The third-order valence-electron chi connectivity index (χ3n) is 1.98. The van der Waals surface area contributed by atoms with E-state index < -0.39 is 11.9 Å². The van der Waals surface area contributed by atoms with E-state index in [1.807, 2.05) is 0 Å². The fourth-order valence-corrected chi connectivity index (χ4v) is 3.45. The first kappa shape index (κ1) is 11.1. The molecule has 0 aliphatic rings. The summed E-state index contributed by atoms with van der Waals surface area (Å²) >= 11 is 2.59. The average Bonchev–Trinajstić information content (AvgIpc) is 2.74. The van der Waals surface area contributed by atoms with E-state index in [0.29, 0.717) is 16.9 Å². The highest BCUT2D eigenvalue weighted by Crippen LogP contribution is 2.34. The number of carboxylic acid groups (broad SMARTS) is 1. The Morgan fingerprint density at radius 1 is 1.50 bits per heavy atom. The molecule has 1 N–H and O–H groups in total. The van der Waals surface area contributed by atoms with Gasteiger partial charge < -0.3 is 9.84 Å². The predicted molar refractivity (Wildman–Crippen MR) is 62.6 cm³/mol. The minimum Gasteiger partial charge on any atom is -0.478 e. The molecule has 84 valence electrons. The standard InChI is InChI=1S/C10H8O4S2/c1-2-14-9(13)7-3-5-6(8(11)12)4-15-10(5)16-7/h3-4H,2H2,1H3,(H,11,12). The summed E-state index contributed by atoms with van der Waals surface area (Å²) in [6.07, 6.45) is 0. The molecular weight excluding hydrogens is 248 g/mol. The van der Waals surface area contributed by atoms with Crippen molar-refractivity contribution in [2.75, 3.05) is 6.61 Å². The molecule has 2 rings (SSSR count). The molecular formula is C10H8O4S2. The van der Waals surface area contributed by atoms with Crippen LogP contribution < -0.4 is 0 Å². The highest BCUT2D eigenvalue weighted by atomic mass is 32.2. The number of rotatable bonds is 3. The summed E-state index contributed by atoms with van der Waals surface area (Å²) in [7, 11) is 0. The zero-order valence-corrected chi connectivity index (χ0v) is 9.98. The zero-order valence-electron chi connectivity index (χ0n) is 8.35. The SMILES string of the molecule is CCOC(=O)c1cc2c(C(=O)O)csc2s1. The lowest BCUT2D eigenvalue weighted by atomic mass is 10.2. The first-order valence-electron chi connectivity index (χ1n) is 4.55. The van der Waals surface area contributed by atoms with Crippen LogP contribution in [0.3, 0.4) is 0 Å². The summed E-state index contributed by atoms with van der Waals surface area (Å²) in [4.78, 5) is 22.8. The molecule has 4 nitrogen and oxygen atoms in total. The molecule has 0 aliphatic heterocycles. The molecule has 0 radical (unpaired) electrons. The number of carbonyl (C=O) groups is 2. The molecule has 0 spiro atoms. The number of aromatic carboxylic acids is 1. The van der Waals surface area contributed by atoms with Gasteiger partial charge in [0.1, 0.15) is 4.88 Å².